The number of halogens is 2. The number of hydrogen-bond donors (Lipinski definition) is 1. The van der Waals surface area contributed by atoms with Crippen LogP contribution in [-0.2, 0) is 9.53 Å². The minimum atomic E-state index is -1.01. The molecule has 2 aromatic rings. The number of benzene rings is 2. The van der Waals surface area contributed by atoms with E-state index in [1.807, 2.05) is 6.07 Å². The number of nitrogens with one attached hydrogen (secondary N) is 1. The third-order valence-electron chi connectivity index (χ3n) is 3.15. The van der Waals surface area contributed by atoms with Crippen molar-refractivity contribution in [1.29, 1.82) is 0 Å². The molecule has 1 atom stereocenters. The maximum atomic E-state index is 13.5. The number of carbonyl (C=O) groups excluding carboxylic acids is 2. The maximum absolute atomic E-state index is 13.5. The summed E-state index contributed by atoms with van der Waals surface area (Å²) >= 11 is 3.30. The van der Waals surface area contributed by atoms with E-state index in [0.29, 0.717) is 11.3 Å². The molecule has 0 saturated heterocycles. The van der Waals surface area contributed by atoms with Crippen LogP contribution in [0.3, 0.4) is 0 Å². The Morgan fingerprint density at radius 1 is 1.22 bits per heavy atom. The van der Waals surface area contributed by atoms with Crippen molar-refractivity contribution >= 4 is 33.5 Å². The molecule has 0 aliphatic rings. The van der Waals surface area contributed by atoms with Gasteiger partial charge in [0.15, 0.2) is 6.10 Å². The summed E-state index contributed by atoms with van der Waals surface area (Å²) in [6, 6.07) is 11.1. The maximum Gasteiger partial charge on any atom is 0.339 e. The number of aryl methyl sites for hydroxylation is 1. The predicted octanol–water partition coefficient (Wildman–Crippen LogP) is 4.08. The molecule has 1 amide bonds. The van der Waals surface area contributed by atoms with Gasteiger partial charge in [0.05, 0.1) is 5.56 Å². The highest BCUT2D eigenvalue weighted by Gasteiger charge is 2.19. The third kappa shape index (κ3) is 4.63. The average molecular weight is 380 g/mol. The van der Waals surface area contributed by atoms with Crippen molar-refractivity contribution in [2.45, 2.75) is 20.0 Å². The van der Waals surface area contributed by atoms with Crippen LogP contribution in [-0.4, -0.2) is 18.0 Å². The molecule has 2 aromatic carbocycles. The van der Waals surface area contributed by atoms with Gasteiger partial charge >= 0.3 is 5.97 Å². The normalized spacial score (nSPS) is 11.7. The molecule has 0 aromatic heterocycles. The molecule has 0 fully saturated rings. The van der Waals surface area contributed by atoms with Crippen LogP contribution in [0.4, 0.5) is 10.1 Å². The van der Waals surface area contributed by atoms with Gasteiger partial charge in [0, 0.05) is 10.2 Å². The van der Waals surface area contributed by atoms with Crippen LogP contribution in [0, 0.1) is 12.7 Å². The fourth-order valence-electron chi connectivity index (χ4n) is 1.81. The fourth-order valence-corrected chi connectivity index (χ4v) is 2.21. The summed E-state index contributed by atoms with van der Waals surface area (Å²) < 4.78 is 19.4. The number of anilines is 1. The molecule has 0 saturated carbocycles. The Balaban J connectivity index is 2.00. The number of amides is 1. The van der Waals surface area contributed by atoms with Gasteiger partial charge in [-0.05, 0) is 49.7 Å². The second-order valence-electron chi connectivity index (χ2n) is 5.01. The van der Waals surface area contributed by atoms with Crippen molar-refractivity contribution < 1.29 is 18.7 Å². The van der Waals surface area contributed by atoms with Gasteiger partial charge in [-0.15, -0.1) is 0 Å². The quantitative estimate of drug-likeness (QED) is 0.814. The van der Waals surface area contributed by atoms with Gasteiger partial charge in [0.25, 0.3) is 5.91 Å². The van der Waals surface area contributed by atoms with Crippen molar-refractivity contribution in [2.75, 3.05) is 5.32 Å². The van der Waals surface area contributed by atoms with Crippen LogP contribution in [0.2, 0.25) is 0 Å². The molecule has 0 aliphatic heterocycles. The SMILES string of the molecule is Cc1ccc(C(=O)O[C@H](C)C(=O)Nc2cccc(Br)c2)cc1F. The highest BCUT2D eigenvalue weighted by molar-refractivity contribution is 9.10. The molecule has 0 heterocycles. The van der Waals surface area contributed by atoms with E-state index in [2.05, 4.69) is 21.2 Å². The average Bonchev–Trinajstić information content (AvgIpc) is 2.49. The molecule has 0 spiro atoms. The number of carbonyl (C=O) groups is 2. The Bertz CT molecular complexity index is 748. The lowest BCUT2D eigenvalue weighted by Crippen LogP contribution is -2.30. The van der Waals surface area contributed by atoms with Crippen LogP contribution in [0.1, 0.15) is 22.8 Å². The standard InChI is InChI=1S/C17H15BrFNO3/c1-10-6-7-12(8-15(10)19)17(22)23-11(2)16(21)20-14-5-3-4-13(18)9-14/h3-9,11H,1-2H3,(H,20,21)/t11-/m1/s1. The zero-order valence-corrected chi connectivity index (χ0v) is 14.2. The molecule has 1 N–H and O–H groups in total. The molecule has 0 unspecified atom stereocenters. The van der Waals surface area contributed by atoms with Gasteiger partial charge in [-0.25, -0.2) is 9.18 Å². The molecule has 0 bridgehead atoms. The van der Waals surface area contributed by atoms with Crippen molar-refractivity contribution in [2.24, 2.45) is 0 Å². The van der Waals surface area contributed by atoms with E-state index in [1.165, 1.54) is 19.1 Å². The van der Waals surface area contributed by atoms with E-state index >= 15 is 0 Å². The molecule has 0 aliphatic carbocycles. The Labute approximate surface area is 141 Å². The largest absolute Gasteiger partial charge is 0.449 e. The highest BCUT2D eigenvalue weighted by atomic mass is 79.9. The van der Waals surface area contributed by atoms with Gasteiger partial charge in [-0.3, -0.25) is 4.79 Å². The first kappa shape index (κ1) is 17.1. The van der Waals surface area contributed by atoms with Crippen LogP contribution in [0.15, 0.2) is 46.9 Å². The minimum Gasteiger partial charge on any atom is -0.449 e. The van der Waals surface area contributed by atoms with Crippen LogP contribution in [0.5, 0.6) is 0 Å². The lowest BCUT2D eigenvalue weighted by molar-refractivity contribution is -0.123. The molecular weight excluding hydrogens is 365 g/mol. The van der Waals surface area contributed by atoms with Gasteiger partial charge in [0.1, 0.15) is 5.82 Å². The van der Waals surface area contributed by atoms with Gasteiger partial charge < -0.3 is 10.1 Å². The highest BCUT2D eigenvalue weighted by Crippen LogP contribution is 2.16. The number of rotatable bonds is 4. The number of hydrogen-bond acceptors (Lipinski definition) is 3. The van der Waals surface area contributed by atoms with Crippen LogP contribution >= 0.6 is 15.9 Å². The summed E-state index contributed by atoms with van der Waals surface area (Å²) in [4.78, 5) is 24.0. The van der Waals surface area contributed by atoms with Gasteiger partial charge in [-0.1, -0.05) is 28.1 Å². The lowest BCUT2D eigenvalue weighted by Gasteiger charge is -2.14. The van der Waals surface area contributed by atoms with Gasteiger partial charge in [-0.2, -0.15) is 0 Å². The Hall–Kier alpha value is -2.21. The summed E-state index contributed by atoms with van der Waals surface area (Å²) in [7, 11) is 0. The second-order valence-corrected chi connectivity index (χ2v) is 5.93. The van der Waals surface area contributed by atoms with E-state index in [0.717, 1.165) is 10.5 Å². The van der Waals surface area contributed by atoms with Crippen molar-refractivity contribution in [3.05, 3.63) is 63.9 Å². The zero-order valence-electron chi connectivity index (χ0n) is 12.6. The molecule has 6 heteroatoms. The minimum absolute atomic E-state index is 0.0650. The Morgan fingerprint density at radius 2 is 1.96 bits per heavy atom. The first-order valence-corrected chi connectivity index (χ1v) is 7.69. The van der Waals surface area contributed by atoms with Crippen LogP contribution < -0.4 is 5.32 Å². The zero-order chi connectivity index (χ0) is 17.0. The van der Waals surface area contributed by atoms with E-state index in [1.54, 1.807) is 25.1 Å². The number of esters is 1. The summed E-state index contributed by atoms with van der Waals surface area (Å²) in [5, 5.41) is 2.64. The molecule has 2 rings (SSSR count). The Kier molecular flexibility index (Phi) is 5.50. The first-order valence-electron chi connectivity index (χ1n) is 6.90. The third-order valence-corrected chi connectivity index (χ3v) is 3.65. The summed E-state index contributed by atoms with van der Waals surface area (Å²) in [5.41, 5.74) is 1.07. The molecule has 0 radical (unpaired) electrons. The summed E-state index contributed by atoms with van der Waals surface area (Å²) in [6.07, 6.45) is -1.01. The predicted molar refractivity (Wildman–Crippen MR) is 88.8 cm³/mol. The van der Waals surface area contributed by atoms with E-state index in [9.17, 15) is 14.0 Å². The molecule has 120 valence electrons. The van der Waals surface area contributed by atoms with E-state index < -0.39 is 23.8 Å². The smallest absolute Gasteiger partial charge is 0.339 e. The first-order chi connectivity index (χ1) is 10.9. The topological polar surface area (TPSA) is 55.4 Å². The second kappa shape index (κ2) is 7.37. The molecule has 23 heavy (non-hydrogen) atoms. The van der Waals surface area contributed by atoms with Crippen molar-refractivity contribution in [3.63, 3.8) is 0 Å². The lowest BCUT2D eigenvalue weighted by atomic mass is 10.1. The number of ether oxygens (including phenoxy) is 1. The van der Waals surface area contributed by atoms with Gasteiger partial charge in [0.2, 0.25) is 0 Å². The van der Waals surface area contributed by atoms with Crippen LogP contribution in [0.25, 0.3) is 0 Å². The molecular formula is C17H15BrFNO3. The van der Waals surface area contributed by atoms with E-state index in [4.69, 9.17) is 4.74 Å². The summed E-state index contributed by atoms with van der Waals surface area (Å²) in [5.74, 6) is -1.71. The Morgan fingerprint density at radius 3 is 2.61 bits per heavy atom. The monoisotopic (exact) mass is 379 g/mol. The molecule has 4 nitrogen and oxygen atoms in total. The van der Waals surface area contributed by atoms with Crippen molar-refractivity contribution in [1.82, 2.24) is 0 Å². The summed E-state index contributed by atoms with van der Waals surface area (Å²) in [6.45, 7) is 3.05. The fraction of sp³-hybridized carbons (Fsp3) is 0.176. The van der Waals surface area contributed by atoms with E-state index in [-0.39, 0.29) is 5.56 Å². The van der Waals surface area contributed by atoms with Crippen molar-refractivity contribution in [3.8, 4) is 0 Å².